The van der Waals surface area contributed by atoms with E-state index in [1.54, 1.807) is 29.2 Å². The van der Waals surface area contributed by atoms with Crippen molar-refractivity contribution in [1.29, 1.82) is 0 Å². The Labute approximate surface area is 152 Å². The molecule has 1 aromatic carbocycles. The van der Waals surface area contributed by atoms with Gasteiger partial charge in [0.1, 0.15) is 5.75 Å². The molecule has 1 N–H and O–H groups in total. The maximum absolute atomic E-state index is 12.2. The van der Waals surface area contributed by atoms with E-state index in [1.807, 2.05) is 0 Å². The Bertz CT molecular complexity index is 668. The monoisotopic (exact) mass is 360 g/mol. The smallest absolute Gasteiger partial charge is 0.310 e. The third-order valence-corrected chi connectivity index (χ3v) is 4.62. The van der Waals surface area contributed by atoms with Crippen LogP contribution in [0.25, 0.3) is 0 Å². The number of hydrogen-bond donors (Lipinski definition) is 1. The van der Waals surface area contributed by atoms with Crippen LogP contribution in [0.3, 0.4) is 0 Å². The van der Waals surface area contributed by atoms with Crippen molar-refractivity contribution in [1.82, 2.24) is 4.90 Å². The molecule has 26 heavy (non-hydrogen) atoms. The molecule has 2 aliphatic heterocycles. The first-order valence-corrected chi connectivity index (χ1v) is 9.13. The van der Waals surface area contributed by atoms with E-state index in [9.17, 15) is 14.4 Å². The zero-order chi connectivity index (χ0) is 18.4. The number of fused-ring (bicyclic) bond motifs is 1. The molecule has 1 atom stereocenters. The van der Waals surface area contributed by atoms with Gasteiger partial charge in [-0.1, -0.05) is 31.4 Å². The Morgan fingerprint density at radius 1 is 1.12 bits per heavy atom. The molecule has 1 aromatic rings. The Hall–Kier alpha value is -2.57. The van der Waals surface area contributed by atoms with E-state index >= 15 is 0 Å². The van der Waals surface area contributed by atoms with Gasteiger partial charge in [0.15, 0.2) is 12.7 Å². The van der Waals surface area contributed by atoms with Crippen LogP contribution in [0, 0.1) is 0 Å². The van der Waals surface area contributed by atoms with Gasteiger partial charge in [0.05, 0.1) is 12.1 Å². The van der Waals surface area contributed by atoms with Gasteiger partial charge in [-0.3, -0.25) is 14.4 Å². The van der Waals surface area contributed by atoms with E-state index in [0.29, 0.717) is 24.5 Å². The number of hydrogen-bond acceptors (Lipinski definition) is 5. The van der Waals surface area contributed by atoms with Gasteiger partial charge in [-0.15, -0.1) is 0 Å². The molecule has 0 unspecified atom stereocenters. The Morgan fingerprint density at radius 3 is 2.58 bits per heavy atom. The lowest BCUT2D eigenvalue weighted by Crippen LogP contribution is -2.40. The third-order valence-electron chi connectivity index (χ3n) is 4.62. The van der Waals surface area contributed by atoms with Crippen molar-refractivity contribution in [3.05, 3.63) is 24.3 Å². The molecule has 0 bridgehead atoms. The number of nitrogens with zero attached hydrogens (tertiary/aromatic N) is 1. The van der Waals surface area contributed by atoms with E-state index < -0.39 is 18.0 Å². The zero-order valence-electron chi connectivity index (χ0n) is 14.7. The number of carbonyl (C=O) groups is 3. The van der Waals surface area contributed by atoms with Crippen molar-refractivity contribution in [2.75, 3.05) is 25.0 Å². The number of ether oxygens (including phenoxy) is 2. The Morgan fingerprint density at radius 2 is 1.81 bits per heavy atom. The summed E-state index contributed by atoms with van der Waals surface area (Å²) in [5.74, 6) is -0.679. The van der Waals surface area contributed by atoms with Crippen molar-refractivity contribution >= 4 is 23.5 Å². The van der Waals surface area contributed by atoms with Crippen LogP contribution in [0.1, 0.15) is 38.5 Å². The first-order valence-electron chi connectivity index (χ1n) is 9.13. The lowest BCUT2D eigenvalue weighted by Gasteiger charge is -2.26. The molecular formula is C19H24N2O5. The summed E-state index contributed by atoms with van der Waals surface area (Å²) in [6.07, 6.45) is 4.24. The molecule has 140 valence electrons. The van der Waals surface area contributed by atoms with E-state index in [0.717, 1.165) is 25.7 Å². The highest BCUT2D eigenvalue weighted by molar-refractivity contribution is 5.99. The van der Waals surface area contributed by atoms with Crippen LogP contribution >= 0.6 is 0 Å². The molecule has 0 aliphatic carbocycles. The number of rotatable bonds is 4. The summed E-state index contributed by atoms with van der Waals surface area (Å²) in [6.45, 7) is 1.13. The van der Waals surface area contributed by atoms with Gasteiger partial charge in [-0.25, -0.2) is 0 Å². The van der Waals surface area contributed by atoms with Crippen LogP contribution in [0.4, 0.5) is 5.69 Å². The lowest BCUT2D eigenvalue weighted by molar-refractivity contribution is -0.154. The molecule has 2 amide bonds. The van der Waals surface area contributed by atoms with E-state index in [-0.39, 0.29) is 18.9 Å². The predicted octanol–water partition coefficient (Wildman–Crippen LogP) is 2.11. The molecule has 0 aromatic heterocycles. The van der Waals surface area contributed by atoms with Gasteiger partial charge in [0, 0.05) is 13.1 Å². The molecule has 7 heteroatoms. The number of anilines is 1. The van der Waals surface area contributed by atoms with Crippen LogP contribution < -0.4 is 10.1 Å². The highest BCUT2D eigenvalue weighted by Gasteiger charge is 2.30. The Balaban J connectivity index is 1.46. The number of likely N-dealkylation sites (tertiary alicyclic amines) is 1. The maximum atomic E-state index is 12.2. The van der Waals surface area contributed by atoms with Gasteiger partial charge in [-0.2, -0.15) is 0 Å². The number of para-hydroxylation sites is 2. The fourth-order valence-corrected chi connectivity index (χ4v) is 3.17. The van der Waals surface area contributed by atoms with E-state index in [4.69, 9.17) is 9.47 Å². The topological polar surface area (TPSA) is 84.9 Å². The first kappa shape index (κ1) is 18.2. The molecule has 7 nitrogen and oxygen atoms in total. The summed E-state index contributed by atoms with van der Waals surface area (Å²) in [4.78, 5) is 38.0. The number of esters is 1. The lowest BCUT2D eigenvalue weighted by atomic mass is 10.1. The molecule has 1 fully saturated rings. The molecule has 0 spiro atoms. The second-order valence-corrected chi connectivity index (χ2v) is 6.61. The van der Waals surface area contributed by atoms with Gasteiger partial charge in [0.2, 0.25) is 0 Å². The Kier molecular flexibility index (Phi) is 6.09. The summed E-state index contributed by atoms with van der Waals surface area (Å²) in [7, 11) is 0. The van der Waals surface area contributed by atoms with E-state index in [2.05, 4.69) is 5.32 Å². The van der Waals surface area contributed by atoms with Crippen molar-refractivity contribution < 1.29 is 23.9 Å². The average Bonchev–Trinajstić information content (AvgIpc) is 2.60. The summed E-state index contributed by atoms with van der Waals surface area (Å²) in [6, 6.07) is 7.02. The van der Waals surface area contributed by atoms with Crippen molar-refractivity contribution in [3.63, 3.8) is 0 Å². The quantitative estimate of drug-likeness (QED) is 0.832. The predicted molar refractivity (Wildman–Crippen MR) is 94.7 cm³/mol. The van der Waals surface area contributed by atoms with Crippen LogP contribution in [-0.2, 0) is 19.1 Å². The average molecular weight is 360 g/mol. The fraction of sp³-hybridized carbons (Fsp3) is 0.526. The second kappa shape index (κ2) is 8.69. The zero-order valence-corrected chi connectivity index (χ0v) is 14.7. The second-order valence-electron chi connectivity index (χ2n) is 6.61. The van der Waals surface area contributed by atoms with Crippen LogP contribution in [0.2, 0.25) is 0 Å². The summed E-state index contributed by atoms with van der Waals surface area (Å²) in [5.41, 5.74) is 0.578. The molecule has 2 heterocycles. The highest BCUT2D eigenvalue weighted by atomic mass is 16.5. The highest BCUT2D eigenvalue weighted by Crippen LogP contribution is 2.29. The summed E-state index contributed by atoms with van der Waals surface area (Å²) < 4.78 is 10.6. The fourth-order valence-electron chi connectivity index (χ4n) is 3.17. The van der Waals surface area contributed by atoms with Crippen LogP contribution in [0.15, 0.2) is 24.3 Å². The summed E-state index contributed by atoms with van der Waals surface area (Å²) in [5, 5.41) is 2.70. The molecule has 3 rings (SSSR count). The summed E-state index contributed by atoms with van der Waals surface area (Å²) >= 11 is 0. The van der Waals surface area contributed by atoms with Crippen molar-refractivity contribution in [3.8, 4) is 5.75 Å². The van der Waals surface area contributed by atoms with Crippen LogP contribution in [-0.4, -0.2) is 48.5 Å². The molecule has 0 radical (unpaired) electrons. The standard InChI is InChI=1S/C19H24N2O5/c22-17(21-10-6-2-1-3-7-11-21)13-25-18(23)12-16-19(24)20-14-8-4-5-9-15(14)26-16/h4-5,8-9,16H,1-3,6-7,10-13H2,(H,20,24)/t16-/m0/s1. The van der Waals surface area contributed by atoms with Gasteiger partial charge in [-0.05, 0) is 25.0 Å². The number of nitrogens with one attached hydrogen (secondary N) is 1. The van der Waals surface area contributed by atoms with Crippen molar-refractivity contribution in [2.24, 2.45) is 0 Å². The minimum Gasteiger partial charge on any atom is -0.478 e. The molecule has 0 saturated carbocycles. The molecule has 1 saturated heterocycles. The van der Waals surface area contributed by atoms with Crippen molar-refractivity contribution in [2.45, 2.75) is 44.6 Å². The van der Waals surface area contributed by atoms with Gasteiger partial charge < -0.3 is 19.7 Å². The van der Waals surface area contributed by atoms with Gasteiger partial charge in [0.25, 0.3) is 11.8 Å². The molecular weight excluding hydrogens is 336 g/mol. The number of carbonyl (C=O) groups excluding carboxylic acids is 3. The SMILES string of the molecule is O=C(C[C@@H]1Oc2ccccc2NC1=O)OCC(=O)N1CCCCCCC1. The number of benzene rings is 1. The van der Waals surface area contributed by atoms with Gasteiger partial charge >= 0.3 is 5.97 Å². The third kappa shape index (κ3) is 4.74. The largest absolute Gasteiger partial charge is 0.478 e. The minimum absolute atomic E-state index is 0.181. The number of amides is 2. The normalized spacial score (nSPS) is 20.1. The first-order chi connectivity index (χ1) is 12.6. The molecule has 2 aliphatic rings. The minimum atomic E-state index is -0.950. The van der Waals surface area contributed by atoms with Crippen LogP contribution in [0.5, 0.6) is 5.75 Å². The van der Waals surface area contributed by atoms with E-state index in [1.165, 1.54) is 6.42 Å². The maximum Gasteiger partial charge on any atom is 0.310 e.